The highest BCUT2D eigenvalue weighted by Gasteiger charge is 2.10. The Morgan fingerprint density at radius 3 is 2.94 bits per heavy atom. The fourth-order valence-electron chi connectivity index (χ4n) is 1.46. The highest BCUT2D eigenvalue weighted by Crippen LogP contribution is 2.18. The molecule has 9 heteroatoms. The van der Waals surface area contributed by atoms with Crippen LogP contribution in [0.15, 0.2) is 6.20 Å². The molecule has 0 saturated heterocycles. The molecule has 0 spiro atoms. The third-order valence-corrected chi connectivity index (χ3v) is 4.18. The number of hydrogen-bond acceptors (Lipinski definition) is 7. The SMILES string of the molecule is CCS(=O)(=O)CCNc1nc(N)nc2[nH]ncc12. The molecule has 0 bridgehead atoms. The van der Waals surface area contributed by atoms with Crippen LogP contribution >= 0.6 is 0 Å². The molecule has 0 aromatic carbocycles. The zero-order valence-corrected chi connectivity index (χ0v) is 10.7. The highest BCUT2D eigenvalue weighted by molar-refractivity contribution is 7.91. The van der Waals surface area contributed by atoms with Crippen molar-refractivity contribution >= 4 is 32.6 Å². The number of rotatable bonds is 5. The highest BCUT2D eigenvalue weighted by atomic mass is 32.2. The van der Waals surface area contributed by atoms with Gasteiger partial charge in [0.1, 0.15) is 5.82 Å². The molecular formula is C9H14N6O2S. The Bertz CT molecular complexity index is 650. The zero-order chi connectivity index (χ0) is 13.2. The number of nitrogens with one attached hydrogen (secondary N) is 2. The second-order valence-corrected chi connectivity index (χ2v) is 6.20. The summed E-state index contributed by atoms with van der Waals surface area (Å²) in [6.45, 7) is 1.89. The molecule has 8 nitrogen and oxygen atoms in total. The largest absolute Gasteiger partial charge is 0.368 e. The average Bonchev–Trinajstić information content (AvgIpc) is 2.76. The Kier molecular flexibility index (Phi) is 3.32. The van der Waals surface area contributed by atoms with Gasteiger partial charge in [0.05, 0.1) is 17.3 Å². The number of aromatic amines is 1. The van der Waals surface area contributed by atoms with E-state index in [1.807, 2.05) is 0 Å². The lowest BCUT2D eigenvalue weighted by atomic mass is 10.4. The molecule has 4 N–H and O–H groups in total. The number of aromatic nitrogens is 4. The first-order chi connectivity index (χ1) is 8.52. The smallest absolute Gasteiger partial charge is 0.224 e. The van der Waals surface area contributed by atoms with Gasteiger partial charge in [0.15, 0.2) is 15.5 Å². The minimum absolute atomic E-state index is 0.0484. The molecule has 2 aromatic rings. The van der Waals surface area contributed by atoms with Crippen molar-refractivity contribution < 1.29 is 8.42 Å². The molecule has 0 amide bonds. The number of nitrogens with zero attached hydrogens (tertiary/aromatic N) is 3. The Hall–Kier alpha value is -1.90. The fourth-order valence-corrected chi connectivity index (χ4v) is 2.16. The third kappa shape index (κ3) is 2.67. The van der Waals surface area contributed by atoms with Gasteiger partial charge in [-0.2, -0.15) is 15.1 Å². The van der Waals surface area contributed by atoms with Gasteiger partial charge < -0.3 is 11.1 Å². The van der Waals surface area contributed by atoms with Gasteiger partial charge >= 0.3 is 0 Å². The van der Waals surface area contributed by atoms with E-state index in [4.69, 9.17) is 5.73 Å². The lowest BCUT2D eigenvalue weighted by Crippen LogP contribution is -2.18. The van der Waals surface area contributed by atoms with E-state index in [9.17, 15) is 8.42 Å². The van der Waals surface area contributed by atoms with Gasteiger partial charge in [-0.3, -0.25) is 5.10 Å². The van der Waals surface area contributed by atoms with Crippen LogP contribution in [0.3, 0.4) is 0 Å². The quantitative estimate of drug-likeness (QED) is 0.685. The molecule has 2 rings (SSSR count). The van der Waals surface area contributed by atoms with Gasteiger partial charge in [0.2, 0.25) is 5.95 Å². The molecule has 0 aliphatic carbocycles. The monoisotopic (exact) mass is 270 g/mol. The zero-order valence-electron chi connectivity index (χ0n) is 9.84. The predicted molar refractivity (Wildman–Crippen MR) is 68.9 cm³/mol. The van der Waals surface area contributed by atoms with Crippen LogP contribution in [0.2, 0.25) is 0 Å². The summed E-state index contributed by atoms with van der Waals surface area (Å²) in [5.74, 6) is 0.763. The van der Waals surface area contributed by atoms with Crippen molar-refractivity contribution in [2.75, 3.05) is 29.1 Å². The molecule has 0 aliphatic heterocycles. The minimum Gasteiger partial charge on any atom is -0.368 e. The van der Waals surface area contributed by atoms with Gasteiger partial charge in [0.25, 0.3) is 0 Å². The van der Waals surface area contributed by atoms with E-state index < -0.39 is 9.84 Å². The summed E-state index contributed by atoms with van der Waals surface area (Å²) in [4.78, 5) is 7.98. The van der Waals surface area contributed by atoms with Crippen molar-refractivity contribution in [1.29, 1.82) is 0 Å². The van der Waals surface area contributed by atoms with Crippen LogP contribution in [0.25, 0.3) is 11.0 Å². The van der Waals surface area contributed by atoms with E-state index in [2.05, 4.69) is 25.5 Å². The molecule has 18 heavy (non-hydrogen) atoms. The van der Waals surface area contributed by atoms with Gasteiger partial charge in [-0.15, -0.1) is 0 Å². The van der Waals surface area contributed by atoms with E-state index in [-0.39, 0.29) is 24.0 Å². The summed E-state index contributed by atoms with van der Waals surface area (Å²) in [5, 5.41) is 10.1. The summed E-state index contributed by atoms with van der Waals surface area (Å²) in [7, 11) is -3.00. The van der Waals surface area contributed by atoms with Crippen molar-refractivity contribution in [2.24, 2.45) is 0 Å². The van der Waals surface area contributed by atoms with E-state index in [1.165, 1.54) is 0 Å². The second-order valence-electron chi connectivity index (χ2n) is 3.73. The Labute approximate surface area is 104 Å². The van der Waals surface area contributed by atoms with Crippen LogP contribution in [0.1, 0.15) is 6.92 Å². The Morgan fingerprint density at radius 1 is 1.44 bits per heavy atom. The van der Waals surface area contributed by atoms with Crippen molar-refractivity contribution in [2.45, 2.75) is 6.92 Å². The van der Waals surface area contributed by atoms with Crippen LogP contribution in [-0.4, -0.2) is 46.6 Å². The van der Waals surface area contributed by atoms with E-state index >= 15 is 0 Å². The summed E-state index contributed by atoms with van der Waals surface area (Å²) in [6, 6.07) is 0. The number of H-pyrrole nitrogens is 1. The van der Waals surface area contributed by atoms with Crippen molar-refractivity contribution in [3.8, 4) is 0 Å². The molecule has 2 heterocycles. The van der Waals surface area contributed by atoms with Crippen molar-refractivity contribution in [3.63, 3.8) is 0 Å². The van der Waals surface area contributed by atoms with E-state index in [0.717, 1.165) is 0 Å². The second kappa shape index (κ2) is 4.77. The molecule has 0 radical (unpaired) electrons. The molecule has 0 unspecified atom stereocenters. The predicted octanol–water partition coefficient (Wildman–Crippen LogP) is -0.218. The van der Waals surface area contributed by atoms with Crippen LogP contribution in [0.5, 0.6) is 0 Å². The average molecular weight is 270 g/mol. The van der Waals surface area contributed by atoms with Gasteiger partial charge in [-0.25, -0.2) is 8.42 Å². The number of hydrogen-bond donors (Lipinski definition) is 3. The normalized spacial score (nSPS) is 11.8. The van der Waals surface area contributed by atoms with E-state index in [0.29, 0.717) is 16.9 Å². The lowest BCUT2D eigenvalue weighted by Gasteiger charge is -2.06. The number of sulfone groups is 1. The van der Waals surface area contributed by atoms with Crippen molar-refractivity contribution in [1.82, 2.24) is 20.2 Å². The van der Waals surface area contributed by atoms with Crippen molar-refractivity contribution in [3.05, 3.63) is 6.20 Å². The Morgan fingerprint density at radius 2 is 2.22 bits per heavy atom. The van der Waals surface area contributed by atoms with Crippen LogP contribution < -0.4 is 11.1 Å². The minimum atomic E-state index is -3.00. The maximum atomic E-state index is 11.4. The first-order valence-corrected chi connectivity index (χ1v) is 7.25. The molecule has 0 aliphatic rings. The molecule has 98 valence electrons. The van der Waals surface area contributed by atoms with Gasteiger partial charge in [-0.05, 0) is 0 Å². The lowest BCUT2D eigenvalue weighted by molar-refractivity contribution is 0.597. The maximum absolute atomic E-state index is 11.4. The molecule has 0 fully saturated rings. The topological polar surface area (TPSA) is 127 Å². The summed E-state index contributed by atoms with van der Waals surface area (Å²) in [5.41, 5.74) is 6.06. The molecule has 2 aromatic heterocycles. The summed E-state index contributed by atoms with van der Waals surface area (Å²) in [6.07, 6.45) is 1.56. The Balaban J connectivity index is 2.14. The fraction of sp³-hybridized carbons (Fsp3) is 0.444. The van der Waals surface area contributed by atoms with Crippen LogP contribution in [0.4, 0.5) is 11.8 Å². The number of anilines is 2. The molecule has 0 atom stereocenters. The number of nitrogen functional groups attached to an aromatic ring is 1. The third-order valence-electron chi connectivity index (χ3n) is 2.47. The summed E-state index contributed by atoms with van der Waals surface area (Å²) < 4.78 is 22.7. The van der Waals surface area contributed by atoms with E-state index in [1.54, 1.807) is 13.1 Å². The van der Waals surface area contributed by atoms with Crippen LogP contribution in [-0.2, 0) is 9.84 Å². The first-order valence-electron chi connectivity index (χ1n) is 5.42. The van der Waals surface area contributed by atoms with Gasteiger partial charge in [0, 0.05) is 12.3 Å². The molecular weight excluding hydrogens is 256 g/mol. The maximum Gasteiger partial charge on any atom is 0.224 e. The standard InChI is InChI=1S/C9H14N6O2S/c1-2-18(16,17)4-3-11-7-6-5-12-15-8(6)14-9(10)13-7/h5H,2-4H2,1H3,(H4,10,11,12,13,14,15). The van der Waals surface area contributed by atoms with Gasteiger partial charge in [-0.1, -0.05) is 6.92 Å². The molecule has 0 saturated carbocycles. The van der Waals surface area contributed by atoms with Crippen LogP contribution in [0, 0.1) is 0 Å². The first kappa shape index (κ1) is 12.6. The number of fused-ring (bicyclic) bond motifs is 1. The number of nitrogens with two attached hydrogens (primary N) is 1. The summed E-state index contributed by atoms with van der Waals surface area (Å²) >= 11 is 0.